The van der Waals surface area contributed by atoms with Gasteiger partial charge in [-0.15, -0.1) is 0 Å². The molecule has 0 amide bonds. The van der Waals surface area contributed by atoms with Crippen molar-refractivity contribution in [3.63, 3.8) is 0 Å². The third kappa shape index (κ3) is 4.58. The van der Waals surface area contributed by atoms with E-state index in [0.717, 1.165) is 31.3 Å². The van der Waals surface area contributed by atoms with Crippen molar-refractivity contribution in [2.45, 2.75) is 50.3 Å². The lowest BCUT2D eigenvalue weighted by molar-refractivity contribution is -0.137. The number of hydrogen-bond donors (Lipinski definition) is 5. The molecule has 0 aromatic rings. The number of carbonyl (C=O) groups is 1. The molecule has 0 bridgehead atoms. The van der Waals surface area contributed by atoms with Gasteiger partial charge in [-0.3, -0.25) is 10.1 Å². The van der Waals surface area contributed by atoms with Crippen LogP contribution in [0.5, 0.6) is 0 Å². The highest BCUT2D eigenvalue weighted by atomic mass is 16.4. The molecule has 19 heavy (non-hydrogen) atoms. The number of aliphatic carboxylic acids is 1. The van der Waals surface area contributed by atoms with Gasteiger partial charge in [0.2, 0.25) is 0 Å². The molecule has 0 aliphatic heterocycles. The van der Waals surface area contributed by atoms with E-state index in [1.807, 2.05) is 6.08 Å². The Morgan fingerprint density at radius 3 is 2.53 bits per heavy atom. The zero-order valence-corrected chi connectivity index (χ0v) is 11.0. The van der Waals surface area contributed by atoms with E-state index in [1.54, 1.807) is 0 Å². The molecule has 0 radical (unpaired) electrons. The lowest BCUT2D eigenvalue weighted by Gasteiger charge is -2.37. The molecule has 0 fully saturated rings. The Bertz CT molecular complexity index is 325. The number of carboxylic acids is 1. The van der Waals surface area contributed by atoms with Crippen LogP contribution in [0.3, 0.4) is 0 Å². The largest absolute Gasteiger partial charge is 0.481 e. The third-order valence-corrected chi connectivity index (χ3v) is 3.52. The summed E-state index contributed by atoms with van der Waals surface area (Å²) in [5.74, 6) is -0.990. The van der Waals surface area contributed by atoms with Crippen molar-refractivity contribution in [2.75, 3.05) is 13.2 Å². The molecule has 0 aromatic carbocycles. The first-order chi connectivity index (χ1) is 9.04. The van der Waals surface area contributed by atoms with Crippen LogP contribution in [-0.2, 0) is 4.79 Å². The van der Waals surface area contributed by atoms with E-state index >= 15 is 0 Å². The van der Waals surface area contributed by atoms with Gasteiger partial charge >= 0.3 is 5.97 Å². The van der Waals surface area contributed by atoms with E-state index in [4.69, 9.17) is 5.11 Å². The summed E-state index contributed by atoms with van der Waals surface area (Å²) >= 11 is 0. The lowest BCUT2D eigenvalue weighted by atomic mass is 9.83. The van der Waals surface area contributed by atoms with Gasteiger partial charge in [-0.2, -0.15) is 0 Å². The van der Waals surface area contributed by atoms with Crippen LogP contribution in [0.15, 0.2) is 11.6 Å². The molecule has 0 saturated heterocycles. The fraction of sp³-hybridized carbons (Fsp3) is 0.769. The number of aliphatic hydroxyl groups is 3. The van der Waals surface area contributed by atoms with Gasteiger partial charge in [0.05, 0.1) is 18.8 Å². The molecule has 1 aliphatic carbocycles. The van der Waals surface area contributed by atoms with Gasteiger partial charge in [0.15, 0.2) is 0 Å². The first-order valence-electron chi connectivity index (χ1n) is 6.63. The minimum absolute atomic E-state index is 0.0321. The zero-order valence-electron chi connectivity index (χ0n) is 11.0. The quantitative estimate of drug-likeness (QED) is 0.314. The molecule has 1 rings (SSSR count). The molecule has 1 atom stereocenters. The summed E-state index contributed by atoms with van der Waals surface area (Å²) in [7, 11) is 0. The maximum atomic E-state index is 10.5. The number of hydrogen-bond acceptors (Lipinski definition) is 5. The normalized spacial score (nSPS) is 17.9. The molecule has 1 unspecified atom stereocenters. The second-order valence-electron chi connectivity index (χ2n) is 4.97. The molecule has 6 nitrogen and oxygen atoms in total. The van der Waals surface area contributed by atoms with Crippen molar-refractivity contribution in [1.29, 1.82) is 0 Å². The lowest BCUT2D eigenvalue weighted by Crippen LogP contribution is -2.57. The molecule has 6 heteroatoms. The Hall–Kier alpha value is -0.950. The van der Waals surface area contributed by atoms with Crippen molar-refractivity contribution < 1.29 is 25.2 Å². The van der Waals surface area contributed by atoms with Crippen molar-refractivity contribution in [3.8, 4) is 0 Å². The second-order valence-corrected chi connectivity index (χ2v) is 4.97. The summed E-state index contributed by atoms with van der Waals surface area (Å²) in [4.78, 5) is 10.5. The summed E-state index contributed by atoms with van der Waals surface area (Å²) in [6, 6.07) is 0. The van der Waals surface area contributed by atoms with Crippen molar-refractivity contribution >= 4 is 5.97 Å². The molecular formula is C13H23NO5. The van der Waals surface area contributed by atoms with Crippen molar-refractivity contribution in [1.82, 2.24) is 5.32 Å². The summed E-state index contributed by atoms with van der Waals surface area (Å²) in [6.45, 7) is -0.668. The van der Waals surface area contributed by atoms with Crippen LogP contribution in [0, 0.1) is 0 Å². The first-order valence-corrected chi connectivity index (χ1v) is 6.63. The van der Waals surface area contributed by atoms with Gasteiger partial charge in [0, 0.05) is 6.42 Å². The summed E-state index contributed by atoms with van der Waals surface area (Å²) in [5, 5.41) is 40.3. The monoisotopic (exact) mass is 273 g/mol. The molecular weight excluding hydrogens is 250 g/mol. The average molecular weight is 273 g/mol. The SMILES string of the molecule is O=C(O)CCC(O)NC(CO)(CO)C1=CCCCC1. The van der Waals surface area contributed by atoms with Gasteiger partial charge < -0.3 is 20.4 Å². The highest BCUT2D eigenvalue weighted by molar-refractivity contribution is 5.66. The molecule has 110 valence electrons. The maximum absolute atomic E-state index is 10.5. The zero-order chi connectivity index (χ0) is 14.3. The molecule has 5 N–H and O–H groups in total. The summed E-state index contributed by atoms with van der Waals surface area (Å²) < 4.78 is 0. The molecule has 0 saturated carbocycles. The Morgan fingerprint density at radius 1 is 1.37 bits per heavy atom. The van der Waals surface area contributed by atoms with E-state index < -0.39 is 17.7 Å². The Kier molecular flexibility index (Phi) is 6.44. The van der Waals surface area contributed by atoms with Gasteiger partial charge in [-0.05, 0) is 37.7 Å². The van der Waals surface area contributed by atoms with Crippen LogP contribution in [-0.4, -0.2) is 51.4 Å². The Labute approximate surface area is 112 Å². The number of allylic oxidation sites excluding steroid dienone is 1. The van der Waals surface area contributed by atoms with E-state index in [0.29, 0.717) is 0 Å². The van der Waals surface area contributed by atoms with Crippen molar-refractivity contribution in [3.05, 3.63) is 11.6 Å². The predicted molar refractivity (Wildman–Crippen MR) is 69.5 cm³/mol. The number of nitrogens with one attached hydrogen (secondary N) is 1. The minimum atomic E-state index is -1.07. The standard InChI is InChI=1S/C13H23NO5/c15-8-13(9-16,10-4-2-1-3-5-10)14-11(17)6-7-12(18)19/h4,11,14-17H,1-3,5-9H2,(H,18,19). The van der Waals surface area contributed by atoms with Gasteiger partial charge in [-0.25, -0.2) is 0 Å². The van der Waals surface area contributed by atoms with Crippen LogP contribution < -0.4 is 5.32 Å². The molecule has 0 spiro atoms. The smallest absolute Gasteiger partial charge is 0.303 e. The Morgan fingerprint density at radius 2 is 2.05 bits per heavy atom. The summed E-state index contributed by atoms with van der Waals surface area (Å²) in [6.07, 6.45) is 4.50. The third-order valence-electron chi connectivity index (χ3n) is 3.52. The fourth-order valence-corrected chi connectivity index (χ4v) is 2.36. The highest BCUT2D eigenvalue weighted by Gasteiger charge is 2.35. The van der Waals surface area contributed by atoms with Gasteiger partial charge in [0.25, 0.3) is 0 Å². The Balaban J connectivity index is 2.69. The van der Waals surface area contributed by atoms with Crippen LogP contribution in [0.25, 0.3) is 0 Å². The molecule has 0 aromatic heterocycles. The van der Waals surface area contributed by atoms with E-state index in [9.17, 15) is 20.1 Å². The minimum Gasteiger partial charge on any atom is -0.481 e. The molecule has 1 aliphatic rings. The van der Waals surface area contributed by atoms with E-state index in [-0.39, 0.29) is 26.1 Å². The maximum Gasteiger partial charge on any atom is 0.303 e. The van der Waals surface area contributed by atoms with Crippen LogP contribution >= 0.6 is 0 Å². The van der Waals surface area contributed by atoms with Crippen LogP contribution in [0.1, 0.15) is 38.5 Å². The first kappa shape index (κ1) is 16.1. The van der Waals surface area contributed by atoms with Crippen LogP contribution in [0.2, 0.25) is 0 Å². The van der Waals surface area contributed by atoms with E-state index in [2.05, 4.69) is 5.32 Å². The topological polar surface area (TPSA) is 110 Å². The molecule has 0 heterocycles. The summed E-state index contributed by atoms with van der Waals surface area (Å²) in [5.41, 5.74) is -0.170. The number of aliphatic hydroxyl groups excluding tert-OH is 3. The van der Waals surface area contributed by atoms with Gasteiger partial charge in [0.1, 0.15) is 6.23 Å². The van der Waals surface area contributed by atoms with Crippen molar-refractivity contribution in [2.24, 2.45) is 0 Å². The van der Waals surface area contributed by atoms with Gasteiger partial charge in [-0.1, -0.05) is 6.08 Å². The average Bonchev–Trinajstić information content (AvgIpc) is 2.43. The number of carboxylic acid groups (broad SMARTS) is 1. The predicted octanol–water partition coefficient (Wildman–Crippen LogP) is -0.0170. The van der Waals surface area contributed by atoms with E-state index in [1.165, 1.54) is 0 Å². The fourth-order valence-electron chi connectivity index (χ4n) is 2.36. The second kappa shape index (κ2) is 7.59. The highest BCUT2D eigenvalue weighted by Crippen LogP contribution is 2.27. The van der Waals surface area contributed by atoms with Crippen LogP contribution in [0.4, 0.5) is 0 Å². The number of rotatable bonds is 8.